The molecule has 0 fully saturated rings. The van der Waals surface area contributed by atoms with E-state index >= 15 is 0 Å². The fourth-order valence-electron chi connectivity index (χ4n) is 0.481. The minimum atomic E-state index is -5.42. The lowest BCUT2D eigenvalue weighted by atomic mass is 11.5. The molecule has 0 aliphatic carbocycles. The van der Waals surface area contributed by atoms with E-state index in [0.29, 0.717) is 0 Å². The zero-order valence-corrected chi connectivity index (χ0v) is 9.09. The van der Waals surface area contributed by atoms with E-state index in [-0.39, 0.29) is 0 Å². The molecule has 0 aromatic heterocycles. The summed E-state index contributed by atoms with van der Waals surface area (Å²) in [6.07, 6.45) is -1.72. The molecule has 13 heteroatoms. The van der Waals surface area contributed by atoms with Gasteiger partial charge in [0.2, 0.25) is 0 Å². The number of hydrogen-bond donors (Lipinski definition) is 6. The number of hydrogen-bond acceptors (Lipinski definition) is 3. The van der Waals surface area contributed by atoms with Crippen LogP contribution in [0.1, 0.15) is 0 Å². The van der Waals surface area contributed by atoms with E-state index in [4.69, 9.17) is 29.4 Å². The van der Waals surface area contributed by atoms with E-state index in [0.717, 1.165) is 0 Å². The van der Waals surface area contributed by atoms with E-state index in [1.807, 2.05) is 0 Å². The maximum atomic E-state index is 10.4. The minimum Gasteiger partial charge on any atom is -0.324 e. The molecule has 0 radical (unpaired) electrons. The lowest BCUT2D eigenvalue weighted by Gasteiger charge is -2.23. The smallest absolute Gasteiger partial charge is 0.324 e. The lowest BCUT2D eigenvalue weighted by Crippen LogP contribution is -2.18. The zero-order chi connectivity index (χ0) is 11.8. The van der Waals surface area contributed by atoms with Crippen LogP contribution in [0.25, 0.3) is 0 Å². The van der Waals surface area contributed by atoms with Crippen molar-refractivity contribution >= 4 is 23.1 Å². The summed E-state index contributed by atoms with van der Waals surface area (Å²) >= 11 is 0. The topological polar surface area (TPSA) is 176 Å². The molecule has 0 aromatic carbocycles. The average Bonchev–Trinajstić information content (AvgIpc) is 1.75. The summed E-state index contributed by atoms with van der Waals surface area (Å²) in [6.45, 7) is 0. The molecule has 0 spiro atoms. The van der Waals surface area contributed by atoms with E-state index < -0.39 is 33.8 Å². The molecule has 10 nitrogen and oxygen atoms in total. The third-order valence-electron chi connectivity index (χ3n) is 0.912. The second-order valence-corrected chi connectivity index (χ2v) is 7.15. The number of rotatable bonds is 4. The van der Waals surface area contributed by atoms with Crippen LogP contribution in [0.15, 0.2) is 0 Å². The third-order valence-corrected chi connectivity index (χ3v) is 4.89. The molecule has 0 saturated carbocycles. The third kappa shape index (κ3) is 5.33. The summed E-state index contributed by atoms with van der Waals surface area (Å²) < 4.78 is 30.3. The van der Waals surface area contributed by atoms with Gasteiger partial charge >= 0.3 is 23.1 Å². The Kier molecular flexibility index (Phi) is 4.23. The van der Waals surface area contributed by atoms with Gasteiger partial charge in [-0.15, -0.1) is 0 Å². The summed E-state index contributed by atoms with van der Waals surface area (Å²) in [4.78, 5) is 50.1. The van der Waals surface area contributed by atoms with Crippen molar-refractivity contribution in [2.24, 2.45) is 0 Å². The first-order chi connectivity index (χ1) is 5.84. The van der Waals surface area contributed by atoms with E-state index in [2.05, 4.69) is 0 Å². The highest BCUT2D eigenvalue weighted by molar-refractivity contribution is 7.66. The van der Waals surface area contributed by atoms with Gasteiger partial charge in [-0.1, -0.05) is 4.44 Å². The Morgan fingerprint density at radius 3 is 1.14 bits per heavy atom. The van der Waals surface area contributed by atoms with Crippen molar-refractivity contribution in [3.8, 4) is 0 Å². The largest absolute Gasteiger partial charge is 0.413 e. The molecule has 0 bridgehead atoms. The second kappa shape index (κ2) is 4.11. The van der Waals surface area contributed by atoms with Gasteiger partial charge < -0.3 is 29.4 Å². The molecule has 6 N–H and O–H groups in total. The van der Waals surface area contributed by atoms with E-state index in [1.165, 1.54) is 0 Å². The average molecular weight is 271 g/mol. The van der Waals surface area contributed by atoms with Crippen LogP contribution >= 0.6 is 23.1 Å². The van der Waals surface area contributed by atoms with Crippen LogP contribution in [0.3, 0.4) is 0 Å². The van der Waals surface area contributed by atoms with Gasteiger partial charge in [-0.2, -0.15) is 0 Å². The monoisotopic (exact) mass is 271 g/mol. The Morgan fingerprint density at radius 2 is 1.07 bits per heavy atom. The standard InChI is InChI=1S/CH8NO9P3/c3-12(4,5)1-2(13(6,7)8)14(9,10)11/h1H2,(H2,3,4,5)(H2,6,7,8)(H2,9,10,11). The molecular formula is CH8NO9P3. The predicted octanol–water partition coefficient (Wildman–Crippen LogP) is -1.39. The minimum absolute atomic E-state index is 0.846. The molecule has 0 amide bonds. The van der Waals surface area contributed by atoms with Gasteiger partial charge in [0.15, 0.2) is 0 Å². The van der Waals surface area contributed by atoms with Crippen molar-refractivity contribution in [1.29, 1.82) is 0 Å². The Balaban J connectivity index is 5.08. The summed E-state index contributed by atoms with van der Waals surface area (Å²) in [5.74, 6) is 0. The first kappa shape index (κ1) is 14.4. The van der Waals surface area contributed by atoms with Crippen LogP contribution < -0.4 is 0 Å². The van der Waals surface area contributed by atoms with Crippen molar-refractivity contribution in [2.75, 3.05) is 6.29 Å². The predicted molar refractivity (Wildman–Crippen MR) is 42.8 cm³/mol. The Morgan fingerprint density at radius 1 is 0.786 bits per heavy atom. The molecule has 0 aliphatic rings. The van der Waals surface area contributed by atoms with Crippen LogP contribution in [0, 0.1) is 0 Å². The SMILES string of the molecule is O=P(O)(O)CN(P(=O)(O)O)P(=O)(O)O. The van der Waals surface area contributed by atoms with Gasteiger partial charge in [0, 0.05) is 0 Å². The molecule has 14 heavy (non-hydrogen) atoms. The molecule has 0 heterocycles. The zero-order valence-electron chi connectivity index (χ0n) is 6.40. The summed E-state index contributed by atoms with van der Waals surface area (Å²) in [7, 11) is -15.8. The van der Waals surface area contributed by atoms with Crippen molar-refractivity contribution in [1.82, 2.24) is 4.44 Å². The van der Waals surface area contributed by atoms with Crippen LogP contribution in [0.4, 0.5) is 0 Å². The Bertz CT molecular complexity index is 308. The second-order valence-electron chi connectivity index (χ2n) is 2.20. The van der Waals surface area contributed by atoms with Crippen LogP contribution in [0.2, 0.25) is 0 Å². The highest BCUT2D eigenvalue weighted by atomic mass is 31.3. The van der Waals surface area contributed by atoms with Crippen molar-refractivity contribution < 1.29 is 43.1 Å². The highest BCUT2D eigenvalue weighted by Crippen LogP contribution is 2.61. The Hall–Kier alpha value is 0.410. The van der Waals surface area contributed by atoms with E-state index in [1.54, 1.807) is 0 Å². The highest BCUT2D eigenvalue weighted by Gasteiger charge is 2.43. The number of nitrogens with zero attached hydrogens (tertiary/aromatic N) is 1. The van der Waals surface area contributed by atoms with Gasteiger partial charge in [-0.05, 0) is 0 Å². The molecule has 0 atom stereocenters. The maximum absolute atomic E-state index is 10.4. The van der Waals surface area contributed by atoms with Gasteiger partial charge in [0.1, 0.15) is 6.29 Å². The molecule has 0 saturated heterocycles. The van der Waals surface area contributed by atoms with Gasteiger partial charge in [-0.25, -0.2) is 9.13 Å². The van der Waals surface area contributed by atoms with E-state index in [9.17, 15) is 13.7 Å². The Labute approximate surface area is 77.8 Å². The summed E-state index contributed by atoms with van der Waals surface area (Å²) in [5, 5.41) is 0. The van der Waals surface area contributed by atoms with Crippen molar-refractivity contribution in [3.05, 3.63) is 0 Å². The van der Waals surface area contributed by atoms with Crippen LogP contribution in [-0.2, 0) is 13.7 Å². The molecule has 0 rings (SSSR count). The molecular weight excluding hydrogens is 263 g/mol. The van der Waals surface area contributed by atoms with Gasteiger partial charge in [0.05, 0.1) is 0 Å². The molecule has 0 unspecified atom stereocenters. The van der Waals surface area contributed by atoms with Gasteiger partial charge in [-0.3, -0.25) is 4.57 Å². The van der Waals surface area contributed by atoms with Crippen LogP contribution in [0.5, 0.6) is 0 Å². The van der Waals surface area contributed by atoms with Gasteiger partial charge in [0.25, 0.3) is 0 Å². The molecule has 0 aliphatic heterocycles. The summed E-state index contributed by atoms with van der Waals surface area (Å²) in [6, 6.07) is 0. The quantitative estimate of drug-likeness (QED) is 0.333. The maximum Gasteiger partial charge on any atom is 0.413 e. The fraction of sp³-hybridized carbons (Fsp3) is 1.00. The summed E-state index contributed by atoms with van der Waals surface area (Å²) in [5.41, 5.74) is 0. The normalized spacial score (nSPS) is 14.8. The first-order valence-electron chi connectivity index (χ1n) is 2.78. The molecule has 86 valence electrons. The van der Waals surface area contributed by atoms with Crippen LogP contribution in [-0.4, -0.2) is 40.1 Å². The lowest BCUT2D eigenvalue weighted by molar-refractivity contribution is 0.268. The molecule has 0 aromatic rings. The first-order valence-corrected chi connectivity index (χ1v) is 7.71. The fourth-order valence-corrected chi connectivity index (χ4v) is 4.33. The van der Waals surface area contributed by atoms with Crippen molar-refractivity contribution in [3.63, 3.8) is 0 Å². The van der Waals surface area contributed by atoms with Crippen molar-refractivity contribution in [2.45, 2.75) is 0 Å².